The Hall–Kier alpha value is -0.670. The third-order valence-corrected chi connectivity index (χ3v) is 2.99. The van der Waals surface area contributed by atoms with Crippen molar-refractivity contribution in [3.63, 3.8) is 0 Å². The molecular weight excluding hydrogens is 256 g/mol. The van der Waals surface area contributed by atoms with Crippen molar-refractivity contribution in [3.05, 3.63) is 0 Å². The van der Waals surface area contributed by atoms with Gasteiger partial charge in [0, 0.05) is 26.9 Å². The molecule has 0 rings (SSSR count). The Labute approximate surface area is 123 Å². The van der Waals surface area contributed by atoms with E-state index >= 15 is 0 Å². The molecule has 0 aliphatic rings. The monoisotopic (exact) mass is 286 g/mol. The fraction of sp³-hybridized carbons (Fsp3) is 0.933. The van der Waals surface area contributed by atoms with E-state index in [2.05, 4.69) is 18.3 Å². The third-order valence-electron chi connectivity index (χ3n) is 2.99. The Morgan fingerprint density at radius 1 is 1.05 bits per heavy atom. The van der Waals surface area contributed by atoms with Gasteiger partial charge in [-0.15, -0.1) is 0 Å². The summed E-state index contributed by atoms with van der Waals surface area (Å²) in [5.74, 6) is 0. The lowest BCUT2D eigenvalue weighted by Crippen LogP contribution is -2.41. The van der Waals surface area contributed by atoms with Crippen LogP contribution < -0.4 is 5.32 Å². The normalized spacial score (nSPS) is 13.9. The van der Waals surface area contributed by atoms with Gasteiger partial charge in [-0.1, -0.05) is 6.92 Å². The van der Waals surface area contributed by atoms with E-state index < -0.39 is 5.54 Å². The number of nitrogens with one attached hydrogen (secondary N) is 1. The highest BCUT2D eigenvalue weighted by molar-refractivity contribution is 5.03. The summed E-state index contributed by atoms with van der Waals surface area (Å²) in [5, 5.41) is 12.4. The number of hydrogen-bond donors (Lipinski definition) is 1. The Morgan fingerprint density at radius 2 is 1.70 bits per heavy atom. The van der Waals surface area contributed by atoms with Crippen LogP contribution in [0.3, 0.4) is 0 Å². The molecule has 1 unspecified atom stereocenters. The van der Waals surface area contributed by atoms with Gasteiger partial charge in [0.1, 0.15) is 5.54 Å². The zero-order valence-electron chi connectivity index (χ0n) is 13.2. The molecule has 20 heavy (non-hydrogen) atoms. The summed E-state index contributed by atoms with van der Waals surface area (Å²) in [6, 6.07) is 2.34. The van der Waals surface area contributed by atoms with Crippen LogP contribution >= 0.6 is 0 Å². The molecule has 0 aliphatic heterocycles. The number of methoxy groups -OCH3 is 1. The molecule has 1 atom stereocenters. The number of hydrogen-bond acceptors (Lipinski definition) is 5. The van der Waals surface area contributed by atoms with Gasteiger partial charge in [-0.05, 0) is 39.2 Å². The van der Waals surface area contributed by atoms with Crippen LogP contribution in [0.15, 0.2) is 0 Å². The average Bonchev–Trinajstić information content (AvgIpc) is 2.47. The minimum Gasteiger partial charge on any atom is -0.385 e. The number of nitriles is 1. The lowest BCUT2D eigenvalue weighted by atomic mass is 9.98. The van der Waals surface area contributed by atoms with Gasteiger partial charge in [-0.3, -0.25) is 5.32 Å². The first-order valence-electron chi connectivity index (χ1n) is 7.49. The summed E-state index contributed by atoms with van der Waals surface area (Å²) in [5.41, 5.74) is -0.435. The largest absolute Gasteiger partial charge is 0.385 e. The van der Waals surface area contributed by atoms with E-state index in [0.717, 1.165) is 38.8 Å². The smallest absolute Gasteiger partial charge is 0.104 e. The van der Waals surface area contributed by atoms with Crippen molar-refractivity contribution in [2.75, 3.05) is 46.7 Å². The molecular formula is C15H30N2O3. The predicted octanol–water partition coefficient (Wildman–Crippen LogP) is 2.12. The molecule has 0 aromatic heterocycles. The Bertz CT molecular complexity index is 256. The molecule has 0 saturated heterocycles. The summed E-state index contributed by atoms with van der Waals surface area (Å²) in [7, 11) is 1.69. The third kappa shape index (κ3) is 11.2. The highest BCUT2D eigenvalue weighted by Crippen LogP contribution is 2.11. The summed E-state index contributed by atoms with van der Waals surface area (Å²) >= 11 is 0. The van der Waals surface area contributed by atoms with Crippen molar-refractivity contribution in [2.45, 2.75) is 45.1 Å². The molecule has 1 N–H and O–H groups in total. The van der Waals surface area contributed by atoms with Crippen LogP contribution in [-0.4, -0.2) is 52.2 Å². The molecule has 5 nitrogen and oxygen atoms in total. The molecule has 0 aliphatic carbocycles. The second kappa shape index (κ2) is 13.3. The Kier molecular flexibility index (Phi) is 12.9. The van der Waals surface area contributed by atoms with Crippen LogP contribution in [0.2, 0.25) is 0 Å². The Balaban J connectivity index is 3.40. The summed E-state index contributed by atoms with van der Waals surface area (Å²) in [6.07, 6.45) is 3.64. The van der Waals surface area contributed by atoms with Gasteiger partial charge >= 0.3 is 0 Å². The van der Waals surface area contributed by atoms with Crippen molar-refractivity contribution in [3.8, 4) is 6.07 Å². The number of nitrogens with zero attached hydrogens (tertiary/aromatic N) is 1. The van der Waals surface area contributed by atoms with Crippen molar-refractivity contribution in [1.82, 2.24) is 5.32 Å². The van der Waals surface area contributed by atoms with Crippen molar-refractivity contribution in [2.24, 2.45) is 0 Å². The average molecular weight is 286 g/mol. The van der Waals surface area contributed by atoms with Gasteiger partial charge < -0.3 is 14.2 Å². The van der Waals surface area contributed by atoms with Crippen molar-refractivity contribution in [1.29, 1.82) is 5.26 Å². The molecule has 0 radical (unpaired) electrons. The van der Waals surface area contributed by atoms with Crippen LogP contribution in [0, 0.1) is 11.3 Å². The second-order valence-electron chi connectivity index (χ2n) is 5.05. The number of ether oxygens (including phenoxy) is 3. The van der Waals surface area contributed by atoms with E-state index in [9.17, 15) is 5.26 Å². The maximum Gasteiger partial charge on any atom is 0.104 e. The zero-order valence-corrected chi connectivity index (χ0v) is 13.2. The highest BCUT2D eigenvalue weighted by atomic mass is 16.5. The van der Waals surface area contributed by atoms with Gasteiger partial charge in [0.15, 0.2) is 0 Å². The van der Waals surface area contributed by atoms with E-state index in [0.29, 0.717) is 26.4 Å². The minimum absolute atomic E-state index is 0.435. The van der Waals surface area contributed by atoms with E-state index in [-0.39, 0.29) is 0 Å². The SMILES string of the molecule is CCCNC(C)(C#N)CCCOCCOCCCOC. The van der Waals surface area contributed by atoms with Gasteiger partial charge in [-0.25, -0.2) is 0 Å². The van der Waals surface area contributed by atoms with Crippen molar-refractivity contribution >= 4 is 0 Å². The molecule has 0 aromatic carbocycles. The molecule has 0 heterocycles. The molecule has 0 bridgehead atoms. The maximum atomic E-state index is 9.17. The van der Waals surface area contributed by atoms with Crippen LogP contribution in [0.4, 0.5) is 0 Å². The van der Waals surface area contributed by atoms with Crippen LogP contribution in [0.1, 0.15) is 39.5 Å². The van der Waals surface area contributed by atoms with E-state index in [1.165, 1.54) is 0 Å². The standard InChI is InChI=1S/C15H30N2O3/c1-4-8-17-15(2,14-16)7-5-10-19-12-13-20-11-6-9-18-3/h17H,4-13H2,1-3H3. The molecule has 0 fully saturated rings. The van der Waals surface area contributed by atoms with Crippen LogP contribution in [-0.2, 0) is 14.2 Å². The lowest BCUT2D eigenvalue weighted by Gasteiger charge is -2.22. The molecule has 118 valence electrons. The van der Waals surface area contributed by atoms with E-state index in [4.69, 9.17) is 14.2 Å². The first-order chi connectivity index (χ1) is 9.68. The molecule has 5 heteroatoms. The fourth-order valence-electron chi connectivity index (χ4n) is 1.74. The van der Waals surface area contributed by atoms with Gasteiger partial charge in [0.05, 0.1) is 19.3 Å². The van der Waals surface area contributed by atoms with E-state index in [1.54, 1.807) is 7.11 Å². The summed E-state index contributed by atoms with van der Waals surface area (Å²) < 4.78 is 15.8. The minimum atomic E-state index is -0.435. The first-order valence-corrected chi connectivity index (χ1v) is 7.49. The second-order valence-corrected chi connectivity index (χ2v) is 5.05. The quantitative estimate of drug-likeness (QED) is 0.496. The van der Waals surface area contributed by atoms with Gasteiger partial charge in [0.2, 0.25) is 0 Å². The van der Waals surface area contributed by atoms with Crippen molar-refractivity contribution < 1.29 is 14.2 Å². The summed E-state index contributed by atoms with van der Waals surface area (Å²) in [6.45, 7) is 8.27. The molecule has 0 saturated carbocycles. The van der Waals surface area contributed by atoms with Crippen LogP contribution in [0.25, 0.3) is 0 Å². The summed E-state index contributed by atoms with van der Waals surface area (Å²) in [4.78, 5) is 0. The molecule has 0 amide bonds. The first kappa shape index (κ1) is 19.3. The van der Waals surface area contributed by atoms with E-state index in [1.807, 2.05) is 6.92 Å². The Morgan fingerprint density at radius 3 is 2.25 bits per heavy atom. The van der Waals surface area contributed by atoms with Gasteiger partial charge in [0.25, 0.3) is 0 Å². The molecule has 0 spiro atoms. The van der Waals surface area contributed by atoms with Crippen LogP contribution in [0.5, 0.6) is 0 Å². The fourth-order valence-corrected chi connectivity index (χ4v) is 1.74. The topological polar surface area (TPSA) is 63.5 Å². The van der Waals surface area contributed by atoms with Gasteiger partial charge in [-0.2, -0.15) is 5.26 Å². The lowest BCUT2D eigenvalue weighted by molar-refractivity contribution is 0.0378. The predicted molar refractivity (Wildman–Crippen MR) is 79.7 cm³/mol. The zero-order chi connectivity index (χ0) is 15.1. The number of rotatable bonds is 14. The highest BCUT2D eigenvalue weighted by Gasteiger charge is 2.21. The molecule has 0 aromatic rings. The maximum absolute atomic E-state index is 9.17.